The maximum atomic E-state index is 12.7. The van der Waals surface area contributed by atoms with E-state index in [0.29, 0.717) is 22.2 Å². The fourth-order valence-electron chi connectivity index (χ4n) is 2.84. The standard InChI is InChI=1S/C22H23N3O3S2/c1-16(17-8-4-3-5-9-17)23-22(29)24-18-12-14-19(15-13-18)30(26,27)25-20-10-6-7-11-21(20)28-2/h3-16,25H,1-2H3,(H2,23,24,29). The molecule has 0 spiro atoms. The number of rotatable bonds is 7. The highest BCUT2D eigenvalue weighted by molar-refractivity contribution is 7.92. The molecule has 0 bridgehead atoms. The van der Waals surface area contributed by atoms with Crippen molar-refractivity contribution >= 4 is 38.7 Å². The van der Waals surface area contributed by atoms with Crippen LogP contribution in [0.25, 0.3) is 0 Å². The van der Waals surface area contributed by atoms with Gasteiger partial charge in [-0.15, -0.1) is 0 Å². The largest absolute Gasteiger partial charge is 0.495 e. The topological polar surface area (TPSA) is 79.5 Å². The summed E-state index contributed by atoms with van der Waals surface area (Å²) in [7, 11) is -2.26. The second-order valence-corrected chi connectivity index (χ2v) is 8.65. The van der Waals surface area contributed by atoms with Gasteiger partial charge < -0.3 is 15.4 Å². The Balaban J connectivity index is 1.64. The van der Waals surface area contributed by atoms with Crippen LogP contribution in [-0.4, -0.2) is 20.6 Å². The number of hydrogen-bond acceptors (Lipinski definition) is 4. The Morgan fingerprint density at radius 1 is 0.933 bits per heavy atom. The number of ether oxygens (including phenoxy) is 1. The molecule has 3 aromatic rings. The van der Waals surface area contributed by atoms with Gasteiger partial charge in [-0.05, 0) is 61.1 Å². The predicted octanol–water partition coefficient (Wildman–Crippen LogP) is 4.54. The quantitative estimate of drug-likeness (QED) is 0.467. The van der Waals surface area contributed by atoms with E-state index in [4.69, 9.17) is 17.0 Å². The number of methoxy groups -OCH3 is 1. The number of thiocarbonyl (C=S) groups is 1. The number of anilines is 2. The maximum Gasteiger partial charge on any atom is 0.262 e. The lowest BCUT2D eigenvalue weighted by atomic mass is 10.1. The van der Waals surface area contributed by atoms with E-state index in [1.165, 1.54) is 19.2 Å². The van der Waals surface area contributed by atoms with Crippen LogP contribution in [0, 0.1) is 0 Å². The van der Waals surface area contributed by atoms with Gasteiger partial charge in [0.15, 0.2) is 5.11 Å². The van der Waals surface area contributed by atoms with Crippen molar-refractivity contribution in [2.75, 3.05) is 17.1 Å². The molecule has 1 atom stereocenters. The van der Waals surface area contributed by atoms with Gasteiger partial charge in [-0.1, -0.05) is 42.5 Å². The van der Waals surface area contributed by atoms with E-state index in [-0.39, 0.29) is 10.9 Å². The van der Waals surface area contributed by atoms with Gasteiger partial charge in [0, 0.05) is 5.69 Å². The number of sulfonamides is 1. The summed E-state index contributed by atoms with van der Waals surface area (Å²) in [4.78, 5) is 0.135. The molecule has 0 fully saturated rings. The van der Waals surface area contributed by atoms with Crippen molar-refractivity contribution < 1.29 is 13.2 Å². The van der Waals surface area contributed by atoms with Crippen LogP contribution in [0.15, 0.2) is 83.8 Å². The van der Waals surface area contributed by atoms with Crippen LogP contribution in [-0.2, 0) is 10.0 Å². The van der Waals surface area contributed by atoms with Gasteiger partial charge in [0.25, 0.3) is 10.0 Å². The van der Waals surface area contributed by atoms with Crippen LogP contribution in [0.2, 0.25) is 0 Å². The molecule has 0 aliphatic carbocycles. The summed E-state index contributed by atoms with van der Waals surface area (Å²) in [5, 5.41) is 6.74. The fraction of sp³-hybridized carbons (Fsp3) is 0.136. The summed E-state index contributed by atoms with van der Waals surface area (Å²) >= 11 is 5.37. The van der Waals surface area contributed by atoms with Crippen molar-refractivity contribution in [2.45, 2.75) is 17.9 Å². The summed E-state index contributed by atoms with van der Waals surface area (Å²) in [5.41, 5.74) is 2.18. The van der Waals surface area contributed by atoms with Crippen LogP contribution in [0.5, 0.6) is 5.75 Å². The molecular weight excluding hydrogens is 418 g/mol. The van der Waals surface area contributed by atoms with Gasteiger partial charge in [0.1, 0.15) is 5.75 Å². The molecule has 3 N–H and O–H groups in total. The highest BCUT2D eigenvalue weighted by Gasteiger charge is 2.16. The van der Waals surface area contributed by atoms with E-state index < -0.39 is 10.0 Å². The molecular formula is C22H23N3O3S2. The molecule has 0 saturated carbocycles. The third-order valence-corrected chi connectivity index (χ3v) is 6.02. The van der Waals surface area contributed by atoms with Crippen molar-refractivity contribution in [2.24, 2.45) is 0 Å². The first-order valence-electron chi connectivity index (χ1n) is 9.27. The average molecular weight is 442 g/mol. The molecule has 6 nitrogen and oxygen atoms in total. The summed E-state index contributed by atoms with van der Waals surface area (Å²) in [6.45, 7) is 2.02. The number of hydrogen-bond donors (Lipinski definition) is 3. The maximum absolute atomic E-state index is 12.7. The zero-order valence-electron chi connectivity index (χ0n) is 16.6. The fourth-order valence-corrected chi connectivity index (χ4v) is 4.20. The minimum Gasteiger partial charge on any atom is -0.495 e. The van der Waals surface area contributed by atoms with Crippen molar-refractivity contribution in [1.82, 2.24) is 5.32 Å². The first-order valence-corrected chi connectivity index (χ1v) is 11.2. The highest BCUT2D eigenvalue weighted by atomic mass is 32.2. The lowest BCUT2D eigenvalue weighted by Gasteiger charge is -2.17. The zero-order valence-corrected chi connectivity index (χ0v) is 18.3. The molecule has 0 saturated heterocycles. The lowest BCUT2D eigenvalue weighted by molar-refractivity contribution is 0.417. The first kappa shape index (κ1) is 21.6. The van der Waals surface area contributed by atoms with E-state index >= 15 is 0 Å². The van der Waals surface area contributed by atoms with E-state index in [1.807, 2.05) is 37.3 Å². The summed E-state index contributed by atoms with van der Waals surface area (Å²) in [6.07, 6.45) is 0. The molecule has 0 amide bonds. The van der Waals surface area contributed by atoms with E-state index in [2.05, 4.69) is 15.4 Å². The second-order valence-electron chi connectivity index (χ2n) is 6.56. The Morgan fingerprint density at radius 2 is 1.57 bits per heavy atom. The summed E-state index contributed by atoms with van der Waals surface area (Å²) in [5.74, 6) is 0.448. The SMILES string of the molecule is COc1ccccc1NS(=O)(=O)c1ccc(NC(=S)NC(C)c2ccccc2)cc1. The smallest absolute Gasteiger partial charge is 0.262 e. The molecule has 1 unspecified atom stereocenters. The van der Waals surface area contributed by atoms with Crippen LogP contribution < -0.4 is 20.1 Å². The van der Waals surface area contributed by atoms with Crippen molar-refractivity contribution in [1.29, 1.82) is 0 Å². The van der Waals surface area contributed by atoms with E-state index in [1.54, 1.807) is 36.4 Å². The third kappa shape index (κ3) is 5.49. The average Bonchev–Trinajstić information content (AvgIpc) is 2.75. The van der Waals surface area contributed by atoms with Gasteiger partial charge in [0.2, 0.25) is 0 Å². The monoisotopic (exact) mass is 441 g/mol. The molecule has 0 radical (unpaired) electrons. The van der Waals surface area contributed by atoms with Gasteiger partial charge >= 0.3 is 0 Å². The minimum absolute atomic E-state index is 0.0379. The second kappa shape index (κ2) is 9.60. The minimum atomic E-state index is -3.75. The third-order valence-electron chi connectivity index (χ3n) is 4.42. The Kier molecular flexibility index (Phi) is 6.91. The van der Waals surface area contributed by atoms with Crippen LogP contribution >= 0.6 is 12.2 Å². The molecule has 0 aliphatic rings. The van der Waals surface area contributed by atoms with Crippen LogP contribution in [0.1, 0.15) is 18.5 Å². The van der Waals surface area contributed by atoms with E-state index in [9.17, 15) is 8.42 Å². The van der Waals surface area contributed by atoms with Gasteiger partial charge in [0.05, 0.1) is 23.7 Å². The van der Waals surface area contributed by atoms with Gasteiger partial charge in [-0.3, -0.25) is 4.72 Å². The molecule has 8 heteroatoms. The Labute approximate surface area is 182 Å². The number of para-hydroxylation sites is 2. The van der Waals surface area contributed by atoms with E-state index in [0.717, 1.165) is 5.56 Å². The number of benzene rings is 3. The molecule has 0 aliphatic heterocycles. The molecule has 0 aromatic heterocycles. The Morgan fingerprint density at radius 3 is 2.23 bits per heavy atom. The molecule has 30 heavy (non-hydrogen) atoms. The summed E-state index contributed by atoms with van der Waals surface area (Å²) in [6, 6.07) is 23.2. The van der Waals surface area contributed by atoms with Crippen LogP contribution in [0.3, 0.4) is 0 Å². The molecule has 3 aromatic carbocycles. The summed E-state index contributed by atoms with van der Waals surface area (Å²) < 4.78 is 33.1. The Bertz CT molecular complexity index is 1100. The predicted molar refractivity (Wildman–Crippen MR) is 124 cm³/mol. The number of nitrogens with one attached hydrogen (secondary N) is 3. The first-order chi connectivity index (χ1) is 14.4. The van der Waals surface area contributed by atoms with Crippen molar-refractivity contribution in [3.63, 3.8) is 0 Å². The molecule has 0 heterocycles. The Hall–Kier alpha value is -3.10. The van der Waals surface area contributed by atoms with Gasteiger partial charge in [-0.2, -0.15) is 0 Å². The highest BCUT2D eigenvalue weighted by Crippen LogP contribution is 2.26. The van der Waals surface area contributed by atoms with Crippen LogP contribution in [0.4, 0.5) is 11.4 Å². The van der Waals surface area contributed by atoms with Gasteiger partial charge in [-0.25, -0.2) is 8.42 Å². The normalized spacial score (nSPS) is 11.9. The van der Waals surface area contributed by atoms with Crippen molar-refractivity contribution in [3.05, 3.63) is 84.4 Å². The zero-order chi connectivity index (χ0) is 21.6. The van der Waals surface area contributed by atoms with Crippen molar-refractivity contribution in [3.8, 4) is 5.75 Å². The lowest BCUT2D eigenvalue weighted by Crippen LogP contribution is -2.30. The molecule has 3 rings (SSSR count). The molecule has 156 valence electrons.